The summed E-state index contributed by atoms with van der Waals surface area (Å²) in [6.07, 6.45) is 1.10. The average molecular weight is 138 g/mol. The third kappa shape index (κ3) is 1.07. The van der Waals surface area contributed by atoms with Crippen molar-refractivity contribution in [3.05, 3.63) is 0 Å². The Bertz CT molecular complexity index is 98.3. The maximum Gasteiger partial charge on any atom is 0.128 e. The second kappa shape index (κ2) is 1.36. The van der Waals surface area contributed by atoms with Gasteiger partial charge in [-0.25, -0.2) is 0 Å². The van der Waals surface area contributed by atoms with E-state index in [0.717, 1.165) is 0 Å². The van der Waals surface area contributed by atoms with Crippen molar-refractivity contribution in [2.24, 2.45) is 0 Å². The van der Waals surface area contributed by atoms with Gasteiger partial charge in [-0.2, -0.15) is 0 Å². The van der Waals surface area contributed by atoms with Crippen LogP contribution in [0.15, 0.2) is 0 Å². The summed E-state index contributed by atoms with van der Waals surface area (Å²) in [6, 6.07) is 0. The fraction of sp³-hybridized carbons (Fsp3) is 0.750. The van der Waals surface area contributed by atoms with Gasteiger partial charge in [0.05, 0.1) is 0 Å². The van der Waals surface area contributed by atoms with Crippen LogP contribution in [0.2, 0.25) is 0 Å². The van der Waals surface area contributed by atoms with Gasteiger partial charge in [-0.05, 0) is 0 Å². The second-order valence-electron chi connectivity index (χ2n) is 1.81. The third-order valence-corrected chi connectivity index (χ3v) is 1.48. The number of rotatable bonds is 0. The van der Waals surface area contributed by atoms with E-state index in [1.807, 2.05) is 0 Å². The minimum Gasteiger partial charge on any atom is -0.309 e. The summed E-state index contributed by atoms with van der Waals surface area (Å²) in [4.78, 5) is 0. The van der Waals surface area contributed by atoms with Gasteiger partial charge in [0, 0.05) is 18.6 Å². The van der Waals surface area contributed by atoms with Gasteiger partial charge in [0.15, 0.2) is 0 Å². The Morgan fingerprint density at radius 3 is 1.86 bits per heavy atom. The lowest BCUT2D eigenvalue weighted by molar-refractivity contribution is 0.733. The van der Waals surface area contributed by atoms with E-state index in [4.69, 9.17) is 28.6 Å². The number of halogens is 2. The van der Waals surface area contributed by atoms with Crippen LogP contribution in [-0.4, -0.2) is 10.0 Å². The predicted octanol–water partition coefficient (Wildman–Crippen LogP) is 1.97. The quantitative estimate of drug-likeness (QED) is 0.495. The highest BCUT2D eigenvalue weighted by Gasteiger charge is 2.36. The van der Waals surface area contributed by atoms with Crippen LogP contribution in [-0.2, 0) is 0 Å². The molecule has 0 saturated heterocycles. The van der Waals surface area contributed by atoms with E-state index in [-0.39, 0.29) is 0 Å². The molecule has 1 N–H and O–H groups in total. The zero-order chi connectivity index (χ0) is 5.49. The molecule has 40 valence electrons. The summed E-state index contributed by atoms with van der Waals surface area (Å²) in [6.45, 7) is 0. The van der Waals surface area contributed by atoms with E-state index < -0.39 is 4.33 Å². The molecule has 1 aliphatic rings. The van der Waals surface area contributed by atoms with E-state index >= 15 is 0 Å². The lowest BCUT2D eigenvalue weighted by Gasteiger charge is -2.29. The summed E-state index contributed by atoms with van der Waals surface area (Å²) in [5, 5.41) is 6.92. The fourth-order valence-corrected chi connectivity index (χ4v) is 1.22. The second-order valence-corrected chi connectivity index (χ2v) is 3.45. The minimum atomic E-state index is -0.586. The molecule has 0 unspecified atom stereocenters. The van der Waals surface area contributed by atoms with Gasteiger partial charge in [0.2, 0.25) is 0 Å². The minimum absolute atomic E-state index is 0.552. The number of alkyl halides is 2. The Balaban J connectivity index is 2.43. The van der Waals surface area contributed by atoms with Crippen molar-refractivity contribution in [1.82, 2.24) is 0 Å². The van der Waals surface area contributed by atoms with Crippen LogP contribution >= 0.6 is 23.2 Å². The average Bonchev–Trinajstić information content (AvgIpc) is 1.27. The van der Waals surface area contributed by atoms with Crippen LogP contribution in [0.4, 0.5) is 0 Å². The molecular formula is C4H5Cl2N. The lowest BCUT2D eigenvalue weighted by atomic mass is 9.96. The molecule has 0 aromatic heterocycles. The van der Waals surface area contributed by atoms with E-state index in [1.165, 1.54) is 0 Å². The molecule has 0 heterocycles. The van der Waals surface area contributed by atoms with Crippen LogP contribution in [0.3, 0.4) is 0 Å². The van der Waals surface area contributed by atoms with Crippen LogP contribution in [0.1, 0.15) is 12.8 Å². The zero-order valence-electron chi connectivity index (χ0n) is 3.67. The van der Waals surface area contributed by atoms with Gasteiger partial charge in [-0.1, -0.05) is 0 Å². The first kappa shape index (κ1) is 5.39. The molecule has 1 rings (SSSR count). The van der Waals surface area contributed by atoms with Crippen LogP contribution in [0.5, 0.6) is 0 Å². The molecular weight excluding hydrogens is 133 g/mol. The van der Waals surface area contributed by atoms with Gasteiger partial charge >= 0.3 is 0 Å². The van der Waals surface area contributed by atoms with E-state index in [0.29, 0.717) is 18.6 Å². The Morgan fingerprint density at radius 1 is 1.43 bits per heavy atom. The maximum atomic E-state index is 6.92. The van der Waals surface area contributed by atoms with Gasteiger partial charge < -0.3 is 5.41 Å². The van der Waals surface area contributed by atoms with Crippen molar-refractivity contribution in [2.45, 2.75) is 17.2 Å². The molecule has 0 aromatic rings. The van der Waals surface area contributed by atoms with Crippen molar-refractivity contribution in [3.8, 4) is 0 Å². The van der Waals surface area contributed by atoms with Gasteiger partial charge in [-0.15, -0.1) is 23.2 Å². The molecule has 0 aliphatic heterocycles. The molecule has 0 amide bonds. The van der Waals surface area contributed by atoms with E-state index in [2.05, 4.69) is 0 Å². The molecule has 0 atom stereocenters. The molecule has 1 aliphatic carbocycles. The highest BCUT2D eigenvalue weighted by molar-refractivity contribution is 6.52. The summed E-state index contributed by atoms with van der Waals surface area (Å²) in [7, 11) is 0. The number of hydrogen-bond acceptors (Lipinski definition) is 1. The fourth-order valence-electron chi connectivity index (χ4n) is 0.573. The number of nitrogens with one attached hydrogen (secondary N) is 1. The van der Waals surface area contributed by atoms with Gasteiger partial charge in [-0.3, -0.25) is 0 Å². The van der Waals surface area contributed by atoms with Gasteiger partial charge in [0.25, 0.3) is 0 Å². The molecule has 0 radical (unpaired) electrons. The Hall–Kier alpha value is 0.250. The Labute approximate surface area is 52.1 Å². The van der Waals surface area contributed by atoms with Crippen LogP contribution in [0.25, 0.3) is 0 Å². The number of hydrogen-bond donors (Lipinski definition) is 1. The van der Waals surface area contributed by atoms with Crippen molar-refractivity contribution >= 4 is 28.9 Å². The Morgan fingerprint density at radius 2 is 1.86 bits per heavy atom. The Kier molecular flexibility index (Phi) is 1.05. The molecule has 0 spiro atoms. The predicted molar refractivity (Wildman–Crippen MR) is 31.4 cm³/mol. The lowest BCUT2D eigenvalue weighted by Crippen LogP contribution is -2.32. The highest BCUT2D eigenvalue weighted by Crippen LogP contribution is 2.39. The van der Waals surface area contributed by atoms with Crippen molar-refractivity contribution in [1.29, 1.82) is 5.41 Å². The zero-order valence-corrected chi connectivity index (χ0v) is 5.18. The van der Waals surface area contributed by atoms with E-state index in [1.54, 1.807) is 0 Å². The molecule has 1 nitrogen and oxygen atoms in total. The molecule has 7 heavy (non-hydrogen) atoms. The smallest absolute Gasteiger partial charge is 0.128 e. The topological polar surface area (TPSA) is 23.9 Å². The monoisotopic (exact) mass is 137 g/mol. The summed E-state index contributed by atoms with van der Waals surface area (Å²) < 4.78 is -0.586. The molecule has 0 aromatic carbocycles. The van der Waals surface area contributed by atoms with Crippen LogP contribution < -0.4 is 0 Å². The highest BCUT2D eigenvalue weighted by atomic mass is 35.5. The largest absolute Gasteiger partial charge is 0.309 e. The normalized spacial score (nSPS) is 26.9. The SMILES string of the molecule is N=C1CC(Cl)(Cl)C1. The van der Waals surface area contributed by atoms with Crippen molar-refractivity contribution in [2.75, 3.05) is 0 Å². The summed E-state index contributed by atoms with van der Waals surface area (Å²) in [5.74, 6) is 0. The van der Waals surface area contributed by atoms with Gasteiger partial charge in [0.1, 0.15) is 4.33 Å². The molecule has 1 saturated carbocycles. The summed E-state index contributed by atoms with van der Waals surface area (Å²) >= 11 is 11.0. The van der Waals surface area contributed by atoms with Crippen LogP contribution in [0, 0.1) is 5.41 Å². The van der Waals surface area contributed by atoms with E-state index in [9.17, 15) is 0 Å². The van der Waals surface area contributed by atoms with Crippen molar-refractivity contribution < 1.29 is 0 Å². The van der Waals surface area contributed by atoms with Crippen molar-refractivity contribution in [3.63, 3.8) is 0 Å². The molecule has 0 bridgehead atoms. The first-order valence-electron chi connectivity index (χ1n) is 2.04. The maximum absolute atomic E-state index is 6.92. The first-order chi connectivity index (χ1) is 3.10. The third-order valence-electron chi connectivity index (χ3n) is 0.944. The molecule has 3 heteroatoms. The summed E-state index contributed by atoms with van der Waals surface area (Å²) in [5.41, 5.74) is 0.657. The molecule has 1 fully saturated rings. The standard InChI is InChI=1S/C4H5Cl2N/c5-4(6)1-3(7)2-4/h7H,1-2H2. The first-order valence-corrected chi connectivity index (χ1v) is 2.80.